The van der Waals surface area contributed by atoms with Gasteiger partial charge < -0.3 is 5.32 Å². The molecule has 0 aliphatic carbocycles. The molecule has 0 unspecified atom stereocenters. The van der Waals surface area contributed by atoms with E-state index in [0.29, 0.717) is 6.42 Å². The van der Waals surface area contributed by atoms with Crippen LogP contribution in [0.1, 0.15) is 25.3 Å². The van der Waals surface area contributed by atoms with Gasteiger partial charge in [-0.2, -0.15) is 0 Å². The zero-order valence-corrected chi connectivity index (χ0v) is 13.5. The highest BCUT2D eigenvalue weighted by atomic mass is 32.2. The number of aryl methyl sites for hydroxylation is 1. The van der Waals surface area contributed by atoms with Gasteiger partial charge in [0.25, 0.3) is 21.6 Å². The van der Waals surface area contributed by atoms with Crippen molar-refractivity contribution in [2.75, 3.05) is 6.54 Å². The van der Waals surface area contributed by atoms with Crippen molar-refractivity contribution < 1.29 is 22.9 Å². The molecule has 0 spiro atoms. The predicted molar refractivity (Wildman–Crippen MR) is 81.1 cm³/mol. The highest BCUT2D eigenvalue weighted by molar-refractivity contribution is 7.90. The van der Waals surface area contributed by atoms with Crippen LogP contribution < -0.4 is 10.0 Å². The number of amides is 2. The largest absolute Gasteiger partial charge is 0.347 e. The molecule has 0 aliphatic rings. The minimum absolute atomic E-state index is 0.134. The molecule has 10 heteroatoms. The standard InChI is InChI=1S/C13H17N3O6S/c1-3-4-12(17)14-8-13(18)15-23(21,22)11-6-5-10(16(19)20)7-9(11)2/h5-7H,3-4,8H2,1-2H3,(H,14,17)(H,15,18). The first-order valence-electron chi connectivity index (χ1n) is 6.74. The van der Waals surface area contributed by atoms with Crippen molar-refractivity contribution in [3.05, 3.63) is 33.9 Å². The van der Waals surface area contributed by atoms with Crippen LogP contribution in [0.4, 0.5) is 5.69 Å². The molecule has 0 bridgehead atoms. The highest BCUT2D eigenvalue weighted by Crippen LogP contribution is 2.20. The van der Waals surface area contributed by atoms with Gasteiger partial charge in [0.05, 0.1) is 16.4 Å². The molecule has 9 nitrogen and oxygen atoms in total. The number of benzene rings is 1. The van der Waals surface area contributed by atoms with Gasteiger partial charge in [0.15, 0.2) is 0 Å². The predicted octanol–water partition coefficient (Wildman–Crippen LogP) is 0.624. The first-order chi connectivity index (χ1) is 10.7. The number of hydrogen-bond acceptors (Lipinski definition) is 6. The van der Waals surface area contributed by atoms with Gasteiger partial charge in [0, 0.05) is 18.6 Å². The van der Waals surface area contributed by atoms with E-state index in [9.17, 15) is 28.1 Å². The lowest BCUT2D eigenvalue weighted by atomic mass is 10.2. The summed E-state index contributed by atoms with van der Waals surface area (Å²) in [5, 5.41) is 12.9. The van der Waals surface area contributed by atoms with Gasteiger partial charge >= 0.3 is 0 Å². The number of nitro benzene ring substituents is 1. The second-order valence-corrected chi connectivity index (χ2v) is 6.41. The maximum atomic E-state index is 12.1. The number of non-ortho nitro benzene ring substituents is 1. The fourth-order valence-corrected chi connectivity index (χ4v) is 3.00. The van der Waals surface area contributed by atoms with Crippen molar-refractivity contribution in [1.82, 2.24) is 10.0 Å². The number of carbonyl (C=O) groups is 2. The average molecular weight is 343 g/mol. The molecular formula is C13H17N3O6S. The van der Waals surface area contributed by atoms with Crippen LogP contribution in [0.5, 0.6) is 0 Å². The Labute approximate surface area is 133 Å². The number of sulfonamides is 1. The third kappa shape index (κ3) is 5.33. The quantitative estimate of drug-likeness (QED) is 0.550. The van der Waals surface area contributed by atoms with E-state index >= 15 is 0 Å². The molecule has 0 aromatic heterocycles. The van der Waals surface area contributed by atoms with Gasteiger partial charge in [0.2, 0.25) is 5.91 Å². The SMILES string of the molecule is CCCC(=O)NCC(=O)NS(=O)(=O)c1ccc([N+](=O)[O-])cc1C. The molecule has 0 atom stereocenters. The van der Waals surface area contributed by atoms with E-state index in [-0.39, 0.29) is 28.5 Å². The van der Waals surface area contributed by atoms with Gasteiger partial charge in [-0.3, -0.25) is 19.7 Å². The zero-order chi connectivity index (χ0) is 17.6. The van der Waals surface area contributed by atoms with Gasteiger partial charge in [0.1, 0.15) is 0 Å². The van der Waals surface area contributed by atoms with Crippen LogP contribution >= 0.6 is 0 Å². The summed E-state index contributed by atoms with van der Waals surface area (Å²) in [7, 11) is -4.17. The summed E-state index contributed by atoms with van der Waals surface area (Å²) in [6.45, 7) is 2.71. The number of carbonyl (C=O) groups excluding carboxylic acids is 2. The number of hydrogen-bond donors (Lipinski definition) is 2. The monoisotopic (exact) mass is 343 g/mol. The molecule has 0 aliphatic heterocycles. The third-order valence-electron chi connectivity index (χ3n) is 2.83. The van der Waals surface area contributed by atoms with Crippen molar-refractivity contribution in [3.63, 3.8) is 0 Å². The van der Waals surface area contributed by atoms with Crippen LogP contribution in [-0.2, 0) is 19.6 Å². The van der Waals surface area contributed by atoms with E-state index in [0.717, 1.165) is 18.2 Å². The van der Waals surface area contributed by atoms with E-state index in [1.165, 1.54) is 6.92 Å². The molecule has 0 saturated heterocycles. The molecule has 23 heavy (non-hydrogen) atoms. The fourth-order valence-electron chi connectivity index (χ4n) is 1.78. The summed E-state index contributed by atoms with van der Waals surface area (Å²) >= 11 is 0. The van der Waals surface area contributed by atoms with E-state index in [2.05, 4.69) is 5.32 Å². The molecule has 1 aromatic carbocycles. The van der Waals surface area contributed by atoms with Crippen molar-refractivity contribution >= 4 is 27.5 Å². The first-order valence-corrected chi connectivity index (χ1v) is 8.23. The minimum Gasteiger partial charge on any atom is -0.347 e. The summed E-state index contributed by atoms with van der Waals surface area (Å²) in [6, 6.07) is 3.19. The molecule has 0 saturated carbocycles. The Hall–Kier alpha value is -2.49. The lowest BCUT2D eigenvalue weighted by Crippen LogP contribution is -2.39. The third-order valence-corrected chi connectivity index (χ3v) is 4.36. The van der Waals surface area contributed by atoms with Crippen molar-refractivity contribution in [3.8, 4) is 0 Å². The second-order valence-electron chi connectivity index (χ2n) is 4.76. The van der Waals surface area contributed by atoms with Crippen molar-refractivity contribution in [2.45, 2.75) is 31.6 Å². The van der Waals surface area contributed by atoms with Crippen LogP contribution in [-0.4, -0.2) is 31.7 Å². The molecule has 126 valence electrons. The summed E-state index contributed by atoms with van der Waals surface area (Å²) in [5.74, 6) is -1.25. The van der Waals surface area contributed by atoms with E-state index in [1.807, 2.05) is 4.72 Å². The Morgan fingerprint density at radius 1 is 1.26 bits per heavy atom. The molecule has 0 heterocycles. The first kappa shape index (κ1) is 18.6. The molecule has 1 rings (SSSR count). The Balaban J connectivity index is 2.81. The van der Waals surface area contributed by atoms with Crippen molar-refractivity contribution in [2.24, 2.45) is 0 Å². The summed E-state index contributed by atoms with van der Waals surface area (Å²) in [5.41, 5.74) is -0.117. The van der Waals surface area contributed by atoms with Gasteiger partial charge in [-0.1, -0.05) is 6.92 Å². The minimum atomic E-state index is -4.17. The Kier molecular flexibility index (Phi) is 6.19. The lowest BCUT2D eigenvalue weighted by Gasteiger charge is -2.09. The molecule has 0 radical (unpaired) electrons. The summed E-state index contributed by atoms with van der Waals surface area (Å²) in [4.78, 5) is 32.6. The number of nitro groups is 1. The maximum Gasteiger partial charge on any atom is 0.269 e. The Morgan fingerprint density at radius 2 is 1.91 bits per heavy atom. The van der Waals surface area contributed by atoms with Gasteiger partial charge in [-0.05, 0) is 25.0 Å². The number of nitrogens with one attached hydrogen (secondary N) is 2. The van der Waals surface area contributed by atoms with E-state index in [4.69, 9.17) is 0 Å². The number of rotatable bonds is 7. The highest BCUT2D eigenvalue weighted by Gasteiger charge is 2.21. The van der Waals surface area contributed by atoms with Crippen molar-refractivity contribution in [1.29, 1.82) is 0 Å². The van der Waals surface area contributed by atoms with Crippen LogP contribution in [0.3, 0.4) is 0 Å². The molecule has 1 aromatic rings. The maximum absolute atomic E-state index is 12.1. The molecule has 2 N–H and O–H groups in total. The molecule has 2 amide bonds. The normalized spacial score (nSPS) is 10.9. The number of nitrogens with zero attached hydrogens (tertiary/aromatic N) is 1. The topological polar surface area (TPSA) is 135 Å². The molecular weight excluding hydrogens is 326 g/mol. The summed E-state index contributed by atoms with van der Waals surface area (Å²) < 4.78 is 26.0. The second kappa shape index (κ2) is 7.68. The van der Waals surface area contributed by atoms with Gasteiger partial charge in [-0.15, -0.1) is 0 Å². The smallest absolute Gasteiger partial charge is 0.269 e. The molecule has 0 fully saturated rings. The zero-order valence-electron chi connectivity index (χ0n) is 12.7. The lowest BCUT2D eigenvalue weighted by molar-refractivity contribution is -0.385. The Bertz CT molecular complexity index is 729. The van der Waals surface area contributed by atoms with E-state index < -0.39 is 27.4 Å². The van der Waals surface area contributed by atoms with Crippen LogP contribution in [0.2, 0.25) is 0 Å². The average Bonchev–Trinajstić information content (AvgIpc) is 2.44. The van der Waals surface area contributed by atoms with Gasteiger partial charge in [-0.25, -0.2) is 13.1 Å². The van der Waals surface area contributed by atoms with Crippen LogP contribution in [0.15, 0.2) is 23.1 Å². The van der Waals surface area contributed by atoms with Crippen LogP contribution in [0, 0.1) is 17.0 Å². The Morgan fingerprint density at radius 3 is 2.43 bits per heavy atom. The van der Waals surface area contributed by atoms with Crippen LogP contribution in [0.25, 0.3) is 0 Å². The fraction of sp³-hybridized carbons (Fsp3) is 0.385. The van der Waals surface area contributed by atoms with E-state index in [1.54, 1.807) is 6.92 Å². The summed E-state index contributed by atoms with van der Waals surface area (Å²) in [6.07, 6.45) is 0.842.